The molecule has 0 unspecified atom stereocenters. The number of phenols is 1. The number of halogens is 1. The lowest BCUT2D eigenvalue weighted by atomic mass is 10.3. The summed E-state index contributed by atoms with van der Waals surface area (Å²) in [6.45, 7) is 1.03. The molecule has 0 aliphatic carbocycles. The Balaban J connectivity index is 2.64. The summed E-state index contributed by atoms with van der Waals surface area (Å²) in [4.78, 5) is 0. The second kappa shape index (κ2) is 4.94. The Morgan fingerprint density at radius 3 is 2.85 bits per heavy atom. The molecule has 13 heavy (non-hydrogen) atoms. The van der Waals surface area contributed by atoms with Gasteiger partial charge in [-0.1, -0.05) is 17.7 Å². The third-order valence-electron chi connectivity index (χ3n) is 1.54. The Bertz CT molecular complexity index is 258. The Labute approximate surface area is 82.1 Å². The highest BCUT2D eigenvalue weighted by molar-refractivity contribution is 6.32. The van der Waals surface area contributed by atoms with Gasteiger partial charge in [0.1, 0.15) is 0 Å². The number of phenolic OH excluding ortho intramolecular Hbond substituents is 1. The number of para-hydroxylation sites is 1. The number of rotatable bonds is 4. The highest BCUT2D eigenvalue weighted by Gasteiger charge is 2.05. The Morgan fingerprint density at radius 2 is 2.23 bits per heavy atom. The largest absolute Gasteiger partial charge is 0.504 e. The molecule has 72 valence electrons. The molecule has 0 bridgehead atoms. The molecule has 0 spiro atoms. The van der Waals surface area contributed by atoms with Crippen LogP contribution in [-0.2, 0) is 0 Å². The Kier molecular flexibility index (Phi) is 3.86. The zero-order valence-electron chi connectivity index (χ0n) is 7.16. The standard InChI is InChI=1S/C9H12ClNO2/c10-7-3-1-4-8(12)9(7)13-6-2-5-11/h1,3-4,12H,2,5-6,11H2. The van der Waals surface area contributed by atoms with E-state index in [0.717, 1.165) is 6.42 Å². The molecule has 4 heteroatoms. The molecule has 1 aromatic rings. The minimum absolute atomic E-state index is 0.0597. The summed E-state index contributed by atoms with van der Waals surface area (Å²) in [7, 11) is 0. The van der Waals surface area contributed by atoms with E-state index >= 15 is 0 Å². The molecule has 0 amide bonds. The number of hydrogen-bond donors (Lipinski definition) is 2. The number of ether oxygens (including phenoxy) is 1. The van der Waals surface area contributed by atoms with Crippen LogP contribution in [0.1, 0.15) is 6.42 Å². The van der Waals surface area contributed by atoms with Crippen molar-refractivity contribution < 1.29 is 9.84 Å². The van der Waals surface area contributed by atoms with E-state index in [9.17, 15) is 5.11 Å². The van der Waals surface area contributed by atoms with Crippen molar-refractivity contribution in [2.45, 2.75) is 6.42 Å². The Morgan fingerprint density at radius 1 is 1.46 bits per heavy atom. The maximum Gasteiger partial charge on any atom is 0.179 e. The van der Waals surface area contributed by atoms with Gasteiger partial charge in [-0.05, 0) is 25.1 Å². The third kappa shape index (κ3) is 2.79. The molecule has 3 nitrogen and oxygen atoms in total. The second-order valence-electron chi connectivity index (χ2n) is 2.58. The van der Waals surface area contributed by atoms with Crippen LogP contribution in [-0.4, -0.2) is 18.3 Å². The topological polar surface area (TPSA) is 55.5 Å². The van der Waals surface area contributed by atoms with Crippen molar-refractivity contribution in [3.63, 3.8) is 0 Å². The molecule has 1 rings (SSSR count). The molecule has 0 saturated carbocycles. The molecule has 0 aliphatic heterocycles. The van der Waals surface area contributed by atoms with Crippen molar-refractivity contribution in [3.05, 3.63) is 23.2 Å². The van der Waals surface area contributed by atoms with E-state index in [0.29, 0.717) is 23.9 Å². The van der Waals surface area contributed by atoms with Gasteiger partial charge in [-0.2, -0.15) is 0 Å². The SMILES string of the molecule is NCCCOc1c(O)cccc1Cl. The molecule has 0 aromatic heterocycles. The van der Waals surface area contributed by atoms with Crippen LogP contribution in [0.4, 0.5) is 0 Å². The van der Waals surface area contributed by atoms with Crippen LogP contribution < -0.4 is 10.5 Å². The number of hydrogen-bond acceptors (Lipinski definition) is 3. The minimum Gasteiger partial charge on any atom is -0.504 e. The maximum absolute atomic E-state index is 9.35. The molecule has 0 fully saturated rings. The van der Waals surface area contributed by atoms with Crippen LogP contribution in [0.5, 0.6) is 11.5 Å². The second-order valence-corrected chi connectivity index (χ2v) is 2.99. The van der Waals surface area contributed by atoms with Gasteiger partial charge in [0.25, 0.3) is 0 Å². The van der Waals surface area contributed by atoms with Crippen molar-refractivity contribution in [3.8, 4) is 11.5 Å². The Hall–Kier alpha value is -0.930. The predicted molar refractivity (Wildman–Crippen MR) is 52.3 cm³/mol. The van der Waals surface area contributed by atoms with E-state index in [1.807, 2.05) is 0 Å². The van der Waals surface area contributed by atoms with E-state index in [2.05, 4.69) is 0 Å². The van der Waals surface area contributed by atoms with Gasteiger partial charge in [0.05, 0.1) is 11.6 Å². The van der Waals surface area contributed by atoms with Crippen LogP contribution >= 0.6 is 11.6 Å². The molecule has 3 N–H and O–H groups in total. The van der Waals surface area contributed by atoms with Gasteiger partial charge in [-0.15, -0.1) is 0 Å². The molecule has 0 radical (unpaired) electrons. The first kappa shape index (κ1) is 10.2. The zero-order chi connectivity index (χ0) is 9.68. The van der Waals surface area contributed by atoms with E-state index < -0.39 is 0 Å². The molecule has 0 atom stereocenters. The van der Waals surface area contributed by atoms with Gasteiger partial charge >= 0.3 is 0 Å². The van der Waals surface area contributed by atoms with Crippen molar-refractivity contribution >= 4 is 11.6 Å². The summed E-state index contributed by atoms with van der Waals surface area (Å²) in [5.74, 6) is 0.391. The predicted octanol–water partition coefficient (Wildman–Crippen LogP) is 1.77. The monoisotopic (exact) mass is 201 g/mol. The molecule has 1 aromatic carbocycles. The lowest BCUT2D eigenvalue weighted by Crippen LogP contribution is -2.06. The highest BCUT2D eigenvalue weighted by Crippen LogP contribution is 2.33. The fraction of sp³-hybridized carbons (Fsp3) is 0.333. The normalized spacial score (nSPS) is 10.0. The first-order valence-electron chi connectivity index (χ1n) is 4.06. The van der Waals surface area contributed by atoms with Crippen LogP contribution in [0.25, 0.3) is 0 Å². The van der Waals surface area contributed by atoms with Gasteiger partial charge in [0.15, 0.2) is 11.5 Å². The van der Waals surface area contributed by atoms with Gasteiger partial charge in [0, 0.05) is 0 Å². The van der Waals surface area contributed by atoms with E-state index in [4.69, 9.17) is 22.1 Å². The summed E-state index contributed by atoms with van der Waals surface area (Å²) in [5, 5.41) is 9.76. The van der Waals surface area contributed by atoms with E-state index in [1.165, 1.54) is 6.07 Å². The van der Waals surface area contributed by atoms with Gasteiger partial charge in [-0.3, -0.25) is 0 Å². The zero-order valence-corrected chi connectivity index (χ0v) is 7.92. The van der Waals surface area contributed by atoms with Crippen LogP contribution in [0.2, 0.25) is 5.02 Å². The van der Waals surface area contributed by atoms with Crippen molar-refractivity contribution in [1.29, 1.82) is 0 Å². The van der Waals surface area contributed by atoms with Crippen LogP contribution in [0.15, 0.2) is 18.2 Å². The summed E-state index contributed by atoms with van der Waals surface area (Å²) < 4.78 is 5.25. The summed E-state index contributed by atoms with van der Waals surface area (Å²) in [6.07, 6.45) is 0.741. The van der Waals surface area contributed by atoms with E-state index in [1.54, 1.807) is 12.1 Å². The molecular weight excluding hydrogens is 190 g/mol. The van der Waals surface area contributed by atoms with Gasteiger partial charge in [-0.25, -0.2) is 0 Å². The lowest BCUT2D eigenvalue weighted by molar-refractivity contribution is 0.296. The quantitative estimate of drug-likeness (QED) is 0.731. The number of benzene rings is 1. The summed E-state index contributed by atoms with van der Waals surface area (Å²) in [6, 6.07) is 4.86. The molecular formula is C9H12ClNO2. The fourth-order valence-corrected chi connectivity index (χ4v) is 1.12. The lowest BCUT2D eigenvalue weighted by Gasteiger charge is -2.08. The smallest absolute Gasteiger partial charge is 0.179 e. The van der Waals surface area contributed by atoms with E-state index in [-0.39, 0.29) is 5.75 Å². The third-order valence-corrected chi connectivity index (χ3v) is 1.84. The molecule has 0 aliphatic rings. The first-order chi connectivity index (χ1) is 6.25. The number of aromatic hydroxyl groups is 1. The highest BCUT2D eigenvalue weighted by atomic mass is 35.5. The summed E-state index contributed by atoms with van der Waals surface area (Å²) >= 11 is 5.79. The average molecular weight is 202 g/mol. The first-order valence-corrected chi connectivity index (χ1v) is 4.44. The fourth-order valence-electron chi connectivity index (χ4n) is 0.898. The summed E-state index contributed by atoms with van der Waals surface area (Å²) in [5.41, 5.74) is 5.29. The van der Waals surface area contributed by atoms with Crippen molar-refractivity contribution in [2.24, 2.45) is 5.73 Å². The molecule has 0 heterocycles. The molecule has 0 saturated heterocycles. The average Bonchev–Trinajstić information content (AvgIpc) is 2.10. The van der Waals surface area contributed by atoms with Crippen LogP contribution in [0, 0.1) is 0 Å². The van der Waals surface area contributed by atoms with Crippen LogP contribution in [0.3, 0.4) is 0 Å². The van der Waals surface area contributed by atoms with Crippen molar-refractivity contribution in [1.82, 2.24) is 0 Å². The number of nitrogens with two attached hydrogens (primary N) is 1. The van der Waals surface area contributed by atoms with Gasteiger partial charge in [0.2, 0.25) is 0 Å². The van der Waals surface area contributed by atoms with Crippen molar-refractivity contribution in [2.75, 3.05) is 13.2 Å². The minimum atomic E-state index is 0.0597. The van der Waals surface area contributed by atoms with Gasteiger partial charge < -0.3 is 15.6 Å². The maximum atomic E-state index is 9.35.